The third-order valence-electron chi connectivity index (χ3n) is 5.53. The van der Waals surface area contributed by atoms with E-state index in [2.05, 4.69) is 4.98 Å². The second kappa shape index (κ2) is 8.02. The van der Waals surface area contributed by atoms with Gasteiger partial charge >= 0.3 is 5.97 Å². The normalized spacial score (nSPS) is 15.2. The zero-order valence-electron chi connectivity index (χ0n) is 17.9. The summed E-state index contributed by atoms with van der Waals surface area (Å²) in [4.78, 5) is 31.0. The molecule has 1 aliphatic heterocycles. The van der Waals surface area contributed by atoms with Gasteiger partial charge in [0.2, 0.25) is 0 Å². The van der Waals surface area contributed by atoms with Crippen LogP contribution in [0.2, 0.25) is 0 Å². The molecule has 31 heavy (non-hydrogen) atoms. The van der Waals surface area contributed by atoms with Crippen molar-refractivity contribution in [2.24, 2.45) is 0 Å². The fourth-order valence-electron chi connectivity index (χ4n) is 4.16. The number of esters is 1. The van der Waals surface area contributed by atoms with Crippen LogP contribution in [0.5, 0.6) is 0 Å². The van der Waals surface area contributed by atoms with E-state index in [1.165, 1.54) is 23.2 Å². The van der Waals surface area contributed by atoms with Crippen molar-refractivity contribution in [3.63, 3.8) is 0 Å². The molecule has 6 heteroatoms. The summed E-state index contributed by atoms with van der Waals surface area (Å²) in [6, 6.07) is 13.7. The number of nitrogens with one attached hydrogen (secondary N) is 1. The van der Waals surface area contributed by atoms with Crippen molar-refractivity contribution in [2.45, 2.75) is 32.6 Å². The zero-order valence-corrected chi connectivity index (χ0v) is 17.9. The highest BCUT2D eigenvalue weighted by Gasteiger charge is 2.37. The standard InChI is InChI=1S/C25H25FN2O3/c1-4-13-31-24(30)18-14-28(23(29)16-9-5-7-11-19(16)26)15-25(2,3)21-17-10-6-8-12-20(17)27-22(18)21/h5-12,14,27H,4,13,15H2,1-3H3. The first kappa shape index (κ1) is 20.8. The Morgan fingerprint density at radius 3 is 2.58 bits per heavy atom. The molecule has 0 atom stereocenters. The number of carbonyl (C=O) groups excluding carboxylic acids is 2. The lowest BCUT2D eigenvalue weighted by Gasteiger charge is -2.29. The van der Waals surface area contributed by atoms with Gasteiger partial charge in [0.1, 0.15) is 5.82 Å². The van der Waals surface area contributed by atoms with Crippen molar-refractivity contribution < 1.29 is 18.7 Å². The smallest absolute Gasteiger partial charge is 0.341 e. The Hall–Kier alpha value is -3.41. The molecule has 1 amide bonds. The molecule has 0 fully saturated rings. The first-order chi connectivity index (χ1) is 14.8. The molecule has 160 valence electrons. The van der Waals surface area contributed by atoms with Gasteiger partial charge < -0.3 is 14.6 Å². The van der Waals surface area contributed by atoms with Crippen LogP contribution in [0.3, 0.4) is 0 Å². The Morgan fingerprint density at radius 1 is 1.13 bits per heavy atom. The van der Waals surface area contributed by atoms with E-state index in [1.807, 2.05) is 45.0 Å². The zero-order chi connectivity index (χ0) is 22.2. The number of ether oxygens (including phenoxy) is 1. The third-order valence-corrected chi connectivity index (χ3v) is 5.53. The number of H-pyrrole nitrogens is 1. The molecule has 1 aromatic heterocycles. The molecule has 0 unspecified atom stereocenters. The van der Waals surface area contributed by atoms with Crippen molar-refractivity contribution >= 4 is 28.4 Å². The van der Waals surface area contributed by atoms with E-state index in [4.69, 9.17) is 4.74 Å². The number of para-hydroxylation sites is 1. The summed E-state index contributed by atoms with van der Waals surface area (Å²) in [5.74, 6) is -1.61. The summed E-state index contributed by atoms with van der Waals surface area (Å²) in [5, 5.41) is 0.983. The number of hydrogen-bond acceptors (Lipinski definition) is 3. The topological polar surface area (TPSA) is 62.4 Å². The Balaban J connectivity index is 1.89. The number of amides is 1. The average Bonchev–Trinajstić information content (AvgIpc) is 3.09. The van der Waals surface area contributed by atoms with Gasteiger partial charge in [0.25, 0.3) is 5.91 Å². The third kappa shape index (κ3) is 3.74. The maximum atomic E-state index is 14.4. The molecule has 2 aromatic carbocycles. The number of halogens is 1. The predicted octanol–water partition coefficient (Wildman–Crippen LogP) is 5.03. The highest BCUT2D eigenvalue weighted by atomic mass is 19.1. The molecule has 0 spiro atoms. The maximum Gasteiger partial charge on any atom is 0.341 e. The van der Waals surface area contributed by atoms with E-state index < -0.39 is 23.1 Å². The largest absolute Gasteiger partial charge is 0.462 e. The molecule has 3 aromatic rings. The van der Waals surface area contributed by atoms with Crippen molar-refractivity contribution in [2.75, 3.05) is 13.2 Å². The lowest BCUT2D eigenvalue weighted by Crippen LogP contribution is -2.37. The van der Waals surface area contributed by atoms with Crippen LogP contribution in [0.25, 0.3) is 16.5 Å². The van der Waals surface area contributed by atoms with Gasteiger partial charge in [-0.25, -0.2) is 9.18 Å². The second-order valence-electron chi connectivity index (χ2n) is 8.40. The summed E-state index contributed by atoms with van der Waals surface area (Å²) >= 11 is 0. The molecule has 5 nitrogen and oxygen atoms in total. The average molecular weight is 420 g/mol. The summed E-state index contributed by atoms with van der Waals surface area (Å²) in [6.45, 7) is 6.50. The van der Waals surface area contributed by atoms with Crippen molar-refractivity contribution in [1.29, 1.82) is 0 Å². The van der Waals surface area contributed by atoms with Crippen LogP contribution in [0.1, 0.15) is 48.8 Å². The lowest BCUT2D eigenvalue weighted by molar-refractivity contribution is -0.136. The molecule has 2 heterocycles. The number of carbonyl (C=O) groups is 2. The van der Waals surface area contributed by atoms with Gasteiger partial charge in [-0.3, -0.25) is 4.79 Å². The summed E-state index contributed by atoms with van der Waals surface area (Å²) < 4.78 is 19.8. The fraction of sp³-hybridized carbons (Fsp3) is 0.280. The van der Waals surface area contributed by atoms with Gasteiger partial charge in [0, 0.05) is 29.1 Å². The Kier molecular flexibility index (Phi) is 5.39. The quantitative estimate of drug-likeness (QED) is 0.602. The number of rotatable bonds is 4. The number of aromatic nitrogens is 1. The highest BCUT2D eigenvalue weighted by Crippen LogP contribution is 2.40. The molecule has 1 N–H and O–H groups in total. The van der Waals surface area contributed by atoms with Crippen molar-refractivity contribution in [3.05, 3.63) is 77.4 Å². The first-order valence-corrected chi connectivity index (χ1v) is 10.4. The van der Waals surface area contributed by atoms with Crippen LogP contribution in [0.4, 0.5) is 4.39 Å². The summed E-state index contributed by atoms with van der Waals surface area (Å²) in [5.41, 5.74) is 2.19. The molecule has 0 radical (unpaired) electrons. The summed E-state index contributed by atoms with van der Waals surface area (Å²) in [7, 11) is 0. The molecule has 0 bridgehead atoms. The minimum Gasteiger partial charge on any atom is -0.462 e. The van der Waals surface area contributed by atoms with Crippen LogP contribution < -0.4 is 0 Å². The summed E-state index contributed by atoms with van der Waals surface area (Å²) in [6.07, 6.45) is 2.18. The van der Waals surface area contributed by atoms with E-state index in [-0.39, 0.29) is 24.3 Å². The minimum atomic E-state index is -0.595. The van der Waals surface area contributed by atoms with Gasteiger partial charge in [0.05, 0.1) is 23.4 Å². The fourth-order valence-corrected chi connectivity index (χ4v) is 4.16. The molecule has 4 rings (SSSR count). The first-order valence-electron chi connectivity index (χ1n) is 10.4. The number of nitrogens with zero attached hydrogens (tertiary/aromatic N) is 1. The van der Waals surface area contributed by atoms with Crippen LogP contribution in [-0.2, 0) is 14.9 Å². The van der Waals surface area contributed by atoms with Crippen molar-refractivity contribution in [3.8, 4) is 0 Å². The number of aromatic amines is 1. The van der Waals surface area contributed by atoms with E-state index in [9.17, 15) is 14.0 Å². The monoisotopic (exact) mass is 420 g/mol. The minimum absolute atomic E-state index is 0.0359. The molecule has 0 saturated heterocycles. The van der Waals surface area contributed by atoms with Crippen molar-refractivity contribution in [1.82, 2.24) is 9.88 Å². The molecular weight excluding hydrogens is 395 g/mol. The van der Waals surface area contributed by atoms with Gasteiger partial charge in [-0.2, -0.15) is 0 Å². The van der Waals surface area contributed by atoms with E-state index in [1.54, 1.807) is 12.1 Å². The second-order valence-corrected chi connectivity index (χ2v) is 8.40. The number of hydrogen-bond donors (Lipinski definition) is 1. The van der Waals surface area contributed by atoms with Gasteiger partial charge in [0.15, 0.2) is 0 Å². The number of benzene rings is 2. The Bertz CT molecular complexity index is 1190. The molecule has 0 saturated carbocycles. The molecular formula is C25H25FN2O3. The Labute approximate surface area is 180 Å². The molecule has 1 aliphatic rings. The van der Waals surface area contributed by atoms with Crippen LogP contribution in [0.15, 0.2) is 54.7 Å². The van der Waals surface area contributed by atoms with Gasteiger partial charge in [-0.1, -0.05) is 51.1 Å². The van der Waals surface area contributed by atoms with E-state index in [0.717, 1.165) is 16.5 Å². The van der Waals surface area contributed by atoms with Crippen LogP contribution >= 0.6 is 0 Å². The van der Waals surface area contributed by atoms with Gasteiger partial charge in [-0.05, 0) is 30.2 Å². The van der Waals surface area contributed by atoms with E-state index >= 15 is 0 Å². The maximum absolute atomic E-state index is 14.4. The number of fused-ring (bicyclic) bond motifs is 3. The predicted molar refractivity (Wildman–Crippen MR) is 118 cm³/mol. The lowest BCUT2D eigenvalue weighted by atomic mass is 9.81. The van der Waals surface area contributed by atoms with Crippen LogP contribution in [0, 0.1) is 5.82 Å². The van der Waals surface area contributed by atoms with Crippen LogP contribution in [-0.4, -0.2) is 34.9 Å². The molecule has 0 aliphatic carbocycles. The highest BCUT2D eigenvalue weighted by molar-refractivity contribution is 6.18. The van der Waals surface area contributed by atoms with Gasteiger partial charge in [-0.15, -0.1) is 0 Å². The SMILES string of the molecule is CCCOC(=O)C1=CN(C(=O)c2ccccc2F)CC(C)(C)c2c1[nH]c1ccccc21. The Morgan fingerprint density at radius 2 is 1.84 bits per heavy atom. The van der Waals surface area contributed by atoms with E-state index in [0.29, 0.717) is 12.1 Å².